The smallest absolute Gasteiger partial charge is 0.172 e. The van der Waals surface area contributed by atoms with Crippen LogP contribution in [0.15, 0.2) is 36.1 Å². The van der Waals surface area contributed by atoms with Crippen molar-refractivity contribution in [3.05, 3.63) is 52.8 Å². The molecule has 2 aromatic rings. The highest BCUT2D eigenvalue weighted by molar-refractivity contribution is 5.71. The molecule has 3 rings (SSSR count). The van der Waals surface area contributed by atoms with Gasteiger partial charge in [-0.15, -0.1) is 0 Å². The number of ether oxygens (including phenoxy) is 1. The number of aromatic hydroxyl groups is 3. The minimum absolute atomic E-state index is 0.0488. The van der Waals surface area contributed by atoms with Crippen molar-refractivity contribution < 1.29 is 30.3 Å². The zero-order chi connectivity index (χ0) is 19.1. The van der Waals surface area contributed by atoms with Gasteiger partial charge in [-0.05, 0) is 51.0 Å². The summed E-state index contributed by atoms with van der Waals surface area (Å²) in [5.74, 6) is 0.223. The van der Waals surface area contributed by atoms with Crippen LogP contribution in [-0.4, -0.2) is 31.1 Å². The number of hydrogen-bond acceptors (Lipinski definition) is 6. The van der Waals surface area contributed by atoms with Crippen molar-refractivity contribution in [2.24, 2.45) is 0 Å². The number of phenolic OH excluding ortho intramolecular Hbond substituents is 3. The van der Waals surface area contributed by atoms with Crippen LogP contribution < -0.4 is 4.74 Å². The molecule has 0 amide bonds. The zero-order valence-corrected chi connectivity index (χ0v) is 14.7. The molecule has 0 saturated heterocycles. The van der Waals surface area contributed by atoms with Crippen LogP contribution in [-0.2, 0) is 12.8 Å². The van der Waals surface area contributed by atoms with E-state index < -0.39 is 5.60 Å². The van der Waals surface area contributed by atoms with Crippen LogP contribution in [0.4, 0.5) is 0 Å². The Morgan fingerprint density at radius 3 is 2.27 bits per heavy atom. The third-order valence-electron chi connectivity index (χ3n) is 4.37. The molecule has 0 spiro atoms. The number of phenols is 3. The number of benzene rings is 2. The number of hydrogen-bond donors (Lipinski definition) is 5. The van der Waals surface area contributed by atoms with Crippen LogP contribution in [0.1, 0.15) is 37.0 Å². The molecule has 1 aliphatic rings. The fourth-order valence-corrected chi connectivity index (χ4v) is 2.93. The van der Waals surface area contributed by atoms with Gasteiger partial charge in [-0.3, -0.25) is 0 Å². The van der Waals surface area contributed by atoms with Crippen molar-refractivity contribution in [3.63, 3.8) is 0 Å². The van der Waals surface area contributed by atoms with Crippen LogP contribution in [0.25, 0.3) is 5.76 Å². The lowest BCUT2D eigenvalue weighted by Crippen LogP contribution is -2.20. The van der Waals surface area contributed by atoms with E-state index in [9.17, 15) is 25.5 Å². The third kappa shape index (κ3) is 3.55. The Balaban J connectivity index is 2.03. The van der Waals surface area contributed by atoms with Gasteiger partial charge < -0.3 is 30.3 Å². The van der Waals surface area contributed by atoms with E-state index in [0.29, 0.717) is 29.5 Å². The summed E-state index contributed by atoms with van der Waals surface area (Å²) in [5, 5.41) is 50.2. The molecule has 0 bridgehead atoms. The molecule has 26 heavy (non-hydrogen) atoms. The summed E-state index contributed by atoms with van der Waals surface area (Å²) in [6, 6.07) is 7.38. The number of aliphatic hydroxyl groups excluding tert-OH is 1. The van der Waals surface area contributed by atoms with E-state index in [1.54, 1.807) is 26.0 Å². The summed E-state index contributed by atoms with van der Waals surface area (Å²) in [6.45, 7) is 3.34. The van der Waals surface area contributed by atoms with Gasteiger partial charge in [0.05, 0.1) is 5.60 Å². The molecule has 0 unspecified atom stereocenters. The van der Waals surface area contributed by atoms with Crippen molar-refractivity contribution in [2.45, 2.75) is 38.7 Å². The van der Waals surface area contributed by atoms with Crippen molar-refractivity contribution in [1.82, 2.24) is 0 Å². The van der Waals surface area contributed by atoms with Gasteiger partial charge in [0.1, 0.15) is 28.8 Å². The Hall–Kier alpha value is -2.86. The lowest BCUT2D eigenvalue weighted by Gasteiger charge is -2.25. The molecule has 5 N–H and O–H groups in total. The lowest BCUT2D eigenvalue weighted by atomic mass is 9.93. The first-order valence-electron chi connectivity index (χ1n) is 8.34. The number of fused-ring (bicyclic) bond motifs is 1. The fourth-order valence-electron chi connectivity index (χ4n) is 2.93. The Morgan fingerprint density at radius 2 is 1.65 bits per heavy atom. The Labute approximate surface area is 151 Å². The van der Waals surface area contributed by atoms with E-state index in [1.165, 1.54) is 18.2 Å². The van der Waals surface area contributed by atoms with Crippen molar-refractivity contribution in [3.8, 4) is 23.0 Å². The predicted octanol–water partition coefficient (Wildman–Crippen LogP) is 3.37. The Morgan fingerprint density at radius 1 is 1.00 bits per heavy atom. The summed E-state index contributed by atoms with van der Waals surface area (Å²) in [4.78, 5) is 0. The van der Waals surface area contributed by atoms with Crippen molar-refractivity contribution >= 4 is 5.76 Å². The molecule has 0 aliphatic carbocycles. The SMILES string of the molecule is CC(C)(O)CCc1c(O)cc(O)c2c1OC(c1ccc(O)cc1)=C(O)C2. The molecule has 138 valence electrons. The fraction of sp³-hybridized carbons (Fsp3) is 0.300. The summed E-state index contributed by atoms with van der Waals surface area (Å²) in [7, 11) is 0. The maximum Gasteiger partial charge on any atom is 0.172 e. The third-order valence-corrected chi connectivity index (χ3v) is 4.37. The van der Waals surface area contributed by atoms with Gasteiger partial charge in [0.25, 0.3) is 0 Å². The second-order valence-corrected chi connectivity index (χ2v) is 7.12. The number of aliphatic hydroxyl groups is 2. The standard InChI is InChI=1S/C20H22O6/c1-20(2,25)8-7-13-15(22)10-16(23)14-9-17(24)18(26-19(13)14)11-3-5-12(21)6-4-11/h3-6,10,21-25H,7-9H2,1-2H3. The molecule has 6 nitrogen and oxygen atoms in total. The first kappa shape index (κ1) is 17.9. The minimum atomic E-state index is -0.927. The van der Waals surface area contributed by atoms with Gasteiger partial charge in [-0.2, -0.15) is 0 Å². The van der Waals surface area contributed by atoms with Gasteiger partial charge in [0, 0.05) is 29.2 Å². The van der Waals surface area contributed by atoms with Gasteiger partial charge in [0.15, 0.2) is 5.76 Å². The average Bonchev–Trinajstić information content (AvgIpc) is 2.54. The Kier molecular flexibility index (Phi) is 4.46. The molecule has 0 aromatic heterocycles. The first-order valence-corrected chi connectivity index (χ1v) is 8.34. The number of rotatable bonds is 4. The molecule has 0 radical (unpaired) electrons. The average molecular weight is 358 g/mol. The summed E-state index contributed by atoms with van der Waals surface area (Å²) in [6.07, 6.45) is 0.764. The van der Waals surface area contributed by atoms with E-state index in [2.05, 4.69) is 0 Å². The second kappa shape index (κ2) is 6.46. The molecular weight excluding hydrogens is 336 g/mol. The quantitative estimate of drug-likeness (QED) is 0.573. The minimum Gasteiger partial charge on any atom is -0.508 e. The molecule has 0 saturated carbocycles. The van der Waals surface area contributed by atoms with Crippen LogP contribution in [0.3, 0.4) is 0 Å². The van der Waals surface area contributed by atoms with Crippen molar-refractivity contribution in [1.29, 1.82) is 0 Å². The van der Waals surface area contributed by atoms with Gasteiger partial charge in [-0.1, -0.05) is 0 Å². The molecule has 1 heterocycles. The van der Waals surface area contributed by atoms with Crippen molar-refractivity contribution in [2.75, 3.05) is 0 Å². The van der Waals surface area contributed by atoms with Gasteiger partial charge >= 0.3 is 0 Å². The largest absolute Gasteiger partial charge is 0.508 e. The van der Waals surface area contributed by atoms with E-state index in [1.807, 2.05) is 0 Å². The van der Waals surface area contributed by atoms with Crippen LogP contribution in [0.2, 0.25) is 0 Å². The summed E-state index contributed by atoms with van der Waals surface area (Å²) >= 11 is 0. The van der Waals surface area contributed by atoms with E-state index in [0.717, 1.165) is 0 Å². The maximum atomic E-state index is 10.4. The molecule has 0 atom stereocenters. The van der Waals surface area contributed by atoms with Crippen LogP contribution >= 0.6 is 0 Å². The van der Waals surface area contributed by atoms with Gasteiger partial charge in [-0.25, -0.2) is 0 Å². The maximum absolute atomic E-state index is 10.4. The normalized spacial score (nSPS) is 14.1. The molecule has 2 aromatic carbocycles. The summed E-state index contributed by atoms with van der Waals surface area (Å²) < 4.78 is 5.87. The van der Waals surface area contributed by atoms with Crippen LogP contribution in [0.5, 0.6) is 23.0 Å². The Bertz CT molecular complexity index is 859. The summed E-state index contributed by atoms with van der Waals surface area (Å²) in [5.41, 5.74) is 0.475. The first-order chi connectivity index (χ1) is 12.2. The van der Waals surface area contributed by atoms with Gasteiger partial charge in [0.2, 0.25) is 0 Å². The van der Waals surface area contributed by atoms with E-state index in [-0.39, 0.29) is 40.9 Å². The molecule has 0 fully saturated rings. The number of allylic oxidation sites excluding steroid dienone is 1. The highest BCUT2D eigenvalue weighted by atomic mass is 16.5. The monoisotopic (exact) mass is 358 g/mol. The molecule has 6 heteroatoms. The lowest BCUT2D eigenvalue weighted by molar-refractivity contribution is 0.0711. The highest BCUT2D eigenvalue weighted by Gasteiger charge is 2.28. The van der Waals surface area contributed by atoms with Crippen LogP contribution in [0, 0.1) is 0 Å². The second-order valence-electron chi connectivity index (χ2n) is 7.12. The highest BCUT2D eigenvalue weighted by Crippen LogP contribution is 2.45. The molecular formula is C20H22O6. The predicted molar refractivity (Wildman–Crippen MR) is 96.4 cm³/mol. The van der Waals surface area contributed by atoms with E-state index >= 15 is 0 Å². The molecule has 1 aliphatic heterocycles. The van der Waals surface area contributed by atoms with E-state index in [4.69, 9.17) is 4.74 Å². The zero-order valence-electron chi connectivity index (χ0n) is 14.7. The topological polar surface area (TPSA) is 110 Å².